The highest BCUT2D eigenvalue weighted by Crippen LogP contribution is 2.34. The topological polar surface area (TPSA) is 62.1 Å². The molecule has 0 atom stereocenters. The van der Waals surface area contributed by atoms with Crippen molar-refractivity contribution in [3.8, 4) is 11.8 Å². The third-order valence-electron chi connectivity index (χ3n) is 4.48. The summed E-state index contributed by atoms with van der Waals surface area (Å²) in [7, 11) is 0. The van der Waals surface area contributed by atoms with Gasteiger partial charge in [-0.25, -0.2) is 0 Å². The summed E-state index contributed by atoms with van der Waals surface area (Å²) in [6, 6.07) is 16.4. The molecule has 0 aliphatic carbocycles. The van der Waals surface area contributed by atoms with Crippen molar-refractivity contribution >= 4 is 56.8 Å². The number of hydrogen-bond donors (Lipinski definition) is 1. The van der Waals surface area contributed by atoms with Gasteiger partial charge in [0.05, 0.1) is 20.7 Å². The highest BCUT2D eigenvalue weighted by atomic mass is 79.9. The van der Waals surface area contributed by atoms with E-state index in [-0.39, 0.29) is 16.3 Å². The molecular formula is C24H14BrCl2F3N2O2. The Hall–Kier alpha value is -2.99. The lowest BCUT2D eigenvalue weighted by Crippen LogP contribution is -2.15. The van der Waals surface area contributed by atoms with Crippen molar-refractivity contribution in [1.29, 1.82) is 5.26 Å². The molecule has 10 heteroatoms. The first kappa shape index (κ1) is 25.6. The lowest BCUT2D eigenvalue weighted by atomic mass is 10.1. The van der Waals surface area contributed by atoms with Crippen LogP contribution in [0, 0.1) is 11.3 Å². The first-order valence-corrected chi connectivity index (χ1v) is 11.1. The molecule has 0 heterocycles. The van der Waals surface area contributed by atoms with E-state index < -0.39 is 17.6 Å². The van der Waals surface area contributed by atoms with E-state index in [4.69, 9.17) is 27.9 Å². The summed E-state index contributed by atoms with van der Waals surface area (Å²) < 4.78 is 45.2. The number of ether oxygens (including phenoxy) is 1. The van der Waals surface area contributed by atoms with Gasteiger partial charge in [-0.3, -0.25) is 4.79 Å². The second kappa shape index (κ2) is 11.0. The molecule has 0 unspecified atom stereocenters. The number of halogens is 6. The minimum atomic E-state index is -4.61. The number of alkyl halides is 3. The number of anilines is 1. The van der Waals surface area contributed by atoms with Crippen molar-refractivity contribution in [3.63, 3.8) is 0 Å². The van der Waals surface area contributed by atoms with Crippen LogP contribution in [-0.2, 0) is 17.6 Å². The van der Waals surface area contributed by atoms with E-state index in [1.807, 2.05) is 12.1 Å². The molecule has 0 fully saturated rings. The van der Waals surface area contributed by atoms with E-state index in [1.165, 1.54) is 6.08 Å². The summed E-state index contributed by atoms with van der Waals surface area (Å²) in [4.78, 5) is 12.5. The van der Waals surface area contributed by atoms with Crippen LogP contribution < -0.4 is 10.1 Å². The first-order valence-electron chi connectivity index (χ1n) is 9.53. The summed E-state index contributed by atoms with van der Waals surface area (Å²) >= 11 is 15.2. The number of rotatable bonds is 6. The Bertz CT molecular complexity index is 1290. The minimum Gasteiger partial charge on any atom is -0.488 e. The van der Waals surface area contributed by atoms with E-state index in [0.29, 0.717) is 33.5 Å². The van der Waals surface area contributed by atoms with Crippen LogP contribution in [0.1, 0.15) is 16.7 Å². The van der Waals surface area contributed by atoms with E-state index >= 15 is 0 Å². The number of carbonyl (C=O) groups excluding carboxylic acids is 1. The normalized spacial score (nSPS) is 11.6. The van der Waals surface area contributed by atoms with Crippen molar-refractivity contribution in [2.24, 2.45) is 0 Å². The smallest absolute Gasteiger partial charge is 0.416 e. The molecule has 3 rings (SSSR count). The average Bonchev–Trinajstić information content (AvgIpc) is 2.78. The molecule has 3 aromatic rings. The average molecular weight is 570 g/mol. The van der Waals surface area contributed by atoms with Gasteiger partial charge in [-0.15, -0.1) is 0 Å². The SMILES string of the molecule is N#C/C(=C\c1ccc(OCc2ccc(Cl)cc2)c(Br)c1)C(=O)Nc1cc(C(F)(F)F)ccc1Cl. The van der Waals surface area contributed by atoms with E-state index in [9.17, 15) is 23.2 Å². The summed E-state index contributed by atoms with van der Waals surface area (Å²) in [6.07, 6.45) is -3.31. The maximum Gasteiger partial charge on any atom is 0.416 e. The number of nitrogens with one attached hydrogen (secondary N) is 1. The molecule has 0 radical (unpaired) electrons. The van der Waals surface area contributed by atoms with Gasteiger partial charge < -0.3 is 10.1 Å². The van der Waals surface area contributed by atoms with E-state index in [0.717, 1.165) is 17.7 Å². The Labute approximate surface area is 211 Å². The second-order valence-electron chi connectivity index (χ2n) is 6.92. The lowest BCUT2D eigenvalue weighted by molar-refractivity contribution is -0.137. The van der Waals surface area contributed by atoms with Crippen LogP contribution in [0.15, 0.2) is 70.7 Å². The molecular weight excluding hydrogens is 556 g/mol. The first-order chi connectivity index (χ1) is 16.1. The van der Waals surface area contributed by atoms with Gasteiger partial charge in [-0.2, -0.15) is 18.4 Å². The van der Waals surface area contributed by atoms with Gasteiger partial charge in [0, 0.05) is 5.02 Å². The van der Waals surface area contributed by atoms with Crippen LogP contribution in [-0.4, -0.2) is 5.91 Å². The van der Waals surface area contributed by atoms with Gasteiger partial charge in [0.2, 0.25) is 0 Å². The quantitative estimate of drug-likeness (QED) is 0.242. The number of nitriles is 1. The fourth-order valence-electron chi connectivity index (χ4n) is 2.77. The zero-order chi connectivity index (χ0) is 24.9. The third kappa shape index (κ3) is 6.76. The van der Waals surface area contributed by atoms with Gasteiger partial charge in [0.25, 0.3) is 5.91 Å². The summed E-state index contributed by atoms with van der Waals surface area (Å²) in [5.41, 5.74) is -0.151. The van der Waals surface area contributed by atoms with Crippen LogP contribution in [0.5, 0.6) is 5.75 Å². The third-order valence-corrected chi connectivity index (χ3v) is 5.68. The zero-order valence-electron chi connectivity index (χ0n) is 17.1. The number of benzene rings is 3. The molecule has 1 amide bonds. The summed E-state index contributed by atoms with van der Waals surface area (Å²) in [5, 5.41) is 12.2. The molecule has 1 N–H and O–H groups in total. The number of hydrogen-bond acceptors (Lipinski definition) is 3. The fraction of sp³-hybridized carbons (Fsp3) is 0.0833. The largest absolute Gasteiger partial charge is 0.488 e. The van der Waals surface area contributed by atoms with Crippen LogP contribution in [0.2, 0.25) is 10.0 Å². The predicted octanol–water partition coefficient (Wildman–Crippen LogP) is 7.90. The molecule has 0 aromatic heterocycles. The van der Waals surface area contributed by atoms with Crippen LogP contribution in [0.25, 0.3) is 6.08 Å². The Morgan fingerprint density at radius 2 is 1.79 bits per heavy atom. The lowest BCUT2D eigenvalue weighted by Gasteiger charge is -2.11. The standard InChI is InChI=1S/C24H14BrCl2F3N2O2/c25-19-10-15(3-8-22(19)34-13-14-1-5-18(26)6-2-14)9-16(12-31)23(33)32-21-11-17(24(28,29)30)4-7-20(21)27/h1-11H,13H2,(H,32,33)/b16-9+. The van der Waals surface area contributed by atoms with Crippen molar-refractivity contribution < 1.29 is 22.7 Å². The molecule has 0 aliphatic rings. The van der Waals surface area contributed by atoms with Crippen molar-refractivity contribution in [2.75, 3.05) is 5.32 Å². The molecule has 174 valence electrons. The Morgan fingerprint density at radius 3 is 2.41 bits per heavy atom. The maximum absolute atomic E-state index is 12.9. The molecule has 0 saturated carbocycles. The number of amides is 1. The Kier molecular flexibility index (Phi) is 8.26. The zero-order valence-corrected chi connectivity index (χ0v) is 20.2. The van der Waals surface area contributed by atoms with Crippen LogP contribution in [0.4, 0.5) is 18.9 Å². The molecule has 0 spiro atoms. The van der Waals surface area contributed by atoms with E-state index in [2.05, 4.69) is 21.2 Å². The van der Waals surface area contributed by atoms with Crippen LogP contribution in [0.3, 0.4) is 0 Å². The molecule has 3 aromatic carbocycles. The monoisotopic (exact) mass is 568 g/mol. The van der Waals surface area contributed by atoms with Gasteiger partial charge in [-0.1, -0.05) is 41.4 Å². The van der Waals surface area contributed by atoms with E-state index in [1.54, 1.807) is 36.4 Å². The fourth-order valence-corrected chi connectivity index (χ4v) is 3.57. The van der Waals surface area contributed by atoms with Gasteiger partial charge in [0.15, 0.2) is 0 Å². The molecule has 0 bridgehead atoms. The second-order valence-corrected chi connectivity index (χ2v) is 8.62. The van der Waals surface area contributed by atoms with Gasteiger partial charge in [-0.05, 0) is 75.6 Å². The molecule has 0 aliphatic heterocycles. The van der Waals surface area contributed by atoms with Crippen molar-refractivity contribution in [2.45, 2.75) is 12.8 Å². The Morgan fingerprint density at radius 1 is 1.09 bits per heavy atom. The van der Waals surface area contributed by atoms with Crippen molar-refractivity contribution in [1.82, 2.24) is 0 Å². The Balaban J connectivity index is 1.74. The maximum atomic E-state index is 12.9. The van der Waals surface area contributed by atoms with Crippen molar-refractivity contribution in [3.05, 3.63) is 97.4 Å². The minimum absolute atomic E-state index is 0.0939. The van der Waals surface area contributed by atoms with Gasteiger partial charge >= 0.3 is 6.18 Å². The molecule has 34 heavy (non-hydrogen) atoms. The summed E-state index contributed by atoms with van der Waals surface area (Å²) in [5.74, 6) is -0.367. The highest BCUT2D eigenvalue weighted by Gasteiger charge is 2.31. The highest BCUT2D eigenvalue weighted by molar-refractivity contribution is 9.10. The molecule has 4 nitrogen and oxygen atoms in total. The summed E-state index contributed by atoms with van der Waals surface area (Å²) in [6.45, 7) is 0.300. The number of nitrogens with zero attached hydrogens (tertiary/aromatic N) is 1. The van der Waals surface area contributed by atoms with Gasteiger partial charge in [0.1, 0.15) is 24.0 Å². The number of carbonyl (C=O) groups is 1. The van der Waals surface area contributed by atoms with Crippen LogP contribution >= 0.6 is 39.1 Å². The molecule has 0 saturated heterocycles. The predicted molar refractivity (Wildman–Crippen MR) is 129 cm³/mol.